The molecule has 0 aliphatic heterocycles. The highest BCUT2D eigenvalue weighted by molar-refractivity contribution is 5.71. The third kappa shape index (κ3) is 1.95. The summed E-state index contributed by atoms with van der Waals surface area (Å²) in [5.74, 6) is 0.757. The maximum Gasteiger partial charge on any atom is 0.181 e. The van der Waals surface area contributed by atoms with Gasteiger partial charge in [-0.3, -0.25) is 0 Å². The first kappa shape index (κ1) is 8.53. The molecule has 0 unspecified atom stereocenters. The van der Waals surface area contributed by atoms with E-state index in [9.17, 15) is 0 Å². The van der Waals surface area contributed by atoms with Gasteiger partial charge < -0.3 is 4.42 Å². The van der Waals surface area contributed by atoms with Gasteiger partial charge in [0.15, 0.2) is 12.2 Å². The minimum atomic E-state index is 0.757. The summed E-state index contributed by atoms with van der Waals surface area (Å²) in [7, 11) is 0. The lowest BCUT2D eigenvalue weighted by Gasteiger charge is -1.92. The van der Waals surface area contributed by atoms with Gasteiger partial charge >= 0.3 is 0 Å². The quantitative estimate of drug-likeness (QED) is 0.637. The van der Waals surface area contributed by atoms with Crippen molar-refractivity contribution in [3.05, 3.63) is 49.2 Å². The molecule has 1 rings (SSSR count). The van der Waals surface area contributed by atoms with Gasteiger partial charge in [-0.05, 0) is 6.92 Å². The Kier molecular flexibility index (Phi) is 3.08. The minimum absolute atomic E-state index is 0.757. The summed E-state index contributed by atoms with van der Waals surface area (Å²) in [4.78, 5) is 3.83. The van der Waals surface area contributed by atoms with Gasteiger partial charge in [-0.15, -0.1) is 0 Å². The second kappa shape index (κ2) is 4.34. The summed E-state index contributed by atoms with van der Waals surface area (Å²) < 4.78 is 5.12. The molecule has 1 aromatic heterocycles. The Hall–Kier alpha value is -1.57. The van der Waals surface area contributed by atoms with E-state index < -0.39 is 0 Å². The highest BCUT2D eigenvalue weighted by atomic mass is 16.3. The topological polar surface area (TPSA) is 26.0 Å². The van der Waals surface area contributed by atoms with E-state index in [2.05, 4.69) is 11.6 Å². The zero-order chi connectivity index (χ0) is 8.81. The molecule has 0 spiro atoms. The number of allylic oxidation sites excluding steroid dienone is 5. The van der Waals surface area contributed by atoms with Crippen molar-refractivity contribution in [1.82, 2.24) is 4.98 Å². The fourth-order valence-corrected chi connectivity index (χ4v) is 0.885. The Balaban J connectivity index is 2.95. The molecular weight excluding hydrogens is 150 g/mol. The van der Waals surface area contributed by atoms with Gasteiger partial charge in [-0.1, -0.05) is 30.9 Å². The molecule has 1 aromatic rings. The SMILES string of the molecule is C=C/C=C(\C=C/C)c1cnco1. The van der Waals surface area contributed by atoms with Crippen molar-refractivity contribution >= 4 is 5.57 Å². The van der Waals surface area contributed by atoms with Crippen LogP contribution in [0.2, 0.25) is 0 Å². The highest BCUT2D eigenvalue weighted by Gasteiger charge is 1.98. The van der Waals surface area contributed by atoms with Crippen LogP contribution in [0.4, 0.5) is 0 Å². The van der Waals surface area contributed by atoms with Gasteiger partial charge in [0.1, 0.15) is 0 Å². The maximum atomic E-state index is 5.12. The number of hydrogen-bond acceptors (Lipinski definition) is 2. The van der Waals surface area contributed by atoms with E-state index >= 15 is 0 Å². The molecule has 12 heavy (non-hydrogen) atoms. The van der Waals surface area contributed by atoms with E-state index in [0.717, 1.165) is 11.3 Å². The van der Waals surface area contributed by atoms with Crippen molar-refractivity contribution in [2.75, 3.05) is 0 Å². The van der Waals surface area contributed by atoms with E-state index in [0.29, 0.717) is 0 Å². The summed E-state index contributed by atoms with van der Waals surface area (Å²) >= 11 is 0. The van der Waals surface area contributed by atoms with Crippen molar-refractivity contribution in [2.45, 2.75) is 6.92 Å². The van der Waals surface area contributed by atoms with Crippen LogP contribution in [0.5, 0.6) is 0 Å². The van der Waals surface area contributed by atoms with Crippen LogP contribution in [-0.2, 0) is 0 Å². The normalized spacial score (nSPS) is 12.2. The number of rotatable bonds is 3. The van der Waals surface area contributed by atoms with Gasteiger partial charge in [-0.25, -0.2) is 4.98 Å². The van der Waals surface area contributed by atoms with E-state index in [1.165, 1.54) is 6.39 Å². The molecule has 0 aromatic carbocycles. The zero-order valence-electron chi connectivity index (χ0n) is 7.03. The maximum absolute atomic E-state index is 5.12. The molecule has 0 N–H and O–H groups in total. The second-order valence-electron chi connectivity index (χ2n) is 2.22. The number of oxazole rings is 1. The molecule has 0 radical (unpaired) electrons. The van der Waals surface area contributed by atoms with Crippen molar-refractivity contribution in [3.63, 3.8) is 0 Å². The van der Waals surface area contributed by atoms with Gasteiger partial charge in [0.25, 0.3) is 0 Å². The number of aromatic nitrogens is 1. The first-order chi connectivity index (χ1) is 5.88. The van der Waals surface area contributed by atoms with Crippen LogP contribution in [-0.4, -0.2) is 4.98 Å². The van der Waals surface area contributed by atoms with Crippen molar-refractivity contribution in [2.24, 2.45) is 0 Å². The molecule has 0 amide bonds. The van der Waals surface area contributed by atoms with Gasteiger partial charge in [0.2, 0.25) is 0 Å². The molecule has 0 atom stereocenters. The first-order valence-corrected chi connectivity index (χ1v) is 3.72. The first-order valence-electron chi connectivity index (χ1n) is 3.72. The largest absolute Gasteiger partial charge is 0.444 e. The molecule has 1 heterocycles. The van der Waals surface area contributed by atoms with E-state index in [1.807, 2.05) is 25.2 Å². The van der Waals surface area contributed by atoms with Gasteiger partial charge in [0, 0.05) is 5.57 Å². The van der Waals surface area contributed by atoms with Gasteiger partial charge in [0.05, 0.1) is 6.20 Å². The zero-order valence-corrected chi connectivity index (χ0v) is 7.03. The lowest BCUT2D eigenvalue weighted by molar-refractivity contribution is 0.545. The second-order valence-corrected chi connectivity index (χ2v) is 2.22. The summed E-state index contributed by atoms with van der Waals surface area (Å²) in [6, 6.07) is 0. The Labute approximate surface area is 71.9 Å². The average molecular weight is 161 g/mol. The lowest BCUT2D eigenvalue weighted by Crippen LogP contribution is -1.74. The van der Waals surface area contributed by atoms with Crippen molar-refractivity contribution in [3.8, 4) is 0 Å². The average Bonchev–Trinajstić information content (AvgIpc) is 2.56. The highest BCUT2D eigenvalue weighted by Crippen LogP contribution is 2.14. The van der Waals surface area contributed by atoms with Crippen LogP contribution in [0, 0.1) is 0 Å². The summed E-state index contributed by atoms with van der Waals surface area (Å²) in [5.41, 5.74) is 0.977. The van der Waals surface area contributed by atoms with Crippen LogP contribution in [0.1, 0.15) is 12.7 Å². The van der Waals surface area contributed by atoms with Crippen molar-refractivity contribution < 1.29 is 4.42 Å². The van der Waals surface area contributed by atoms with E-state index in [1.54, 1.807) is 12.3 Å². The van der Waals surface area contributed by atoms with Gasteiger partial charge in [-0.2, -0.15) is 0 Å². The predicted molar refractivity (Wildman–Crippen MR) is 49.5 cm³/mol. The monoisotopic (exact) mass is 161 g/mol. The predicted octanol–water partition coefficient (Wildman–Crippen LogP) is 2.82. The molecule has 62 valence electrons. The third-order valence-corrected chi connectivity index (χ3v) is 1.36. The Morgan fingerprint density at radius 3 is 3.00 bits per heavy atom. The molecule has 0 saturated heterocycles. The van der Waals surface area contributed by atoms with Crippen LogP contribution in [0.3, 0.4) is 0 Å². The van der Waals surface area contributed by atoms with Crippen LogP contribution in [0.15, 0.2) is 47.9 Å². The molecule has 0 fully saturated rings. The summed E-state index contributed by atoms with van der Waals surface area (Å²) in [6.45, 7) is 5.57. The molecular formula is C10H11NO. The third-order valence-electron chi connectivity index (χ3n) is 1.36. The van der Waals surface area contributed by atoms with Crippen LogP contribution < -0.4 is 0 Å². The molecule has 2 nitrogen and oxygen atoms in total. The molecule has 2 heteroatoms. The fourth-order valence-electron chi connectivity index (χ4n) is 0.885. The Morgan fingerprint density at radius 2 is 2.50 bits per heavy atom. The summed E-state index contributed by atoms with van der Waals surface area (Å²) in [5, 5.41) is 0. The number of nitrogens with zero attached hydrogens (tertiary/aromatic N) is 1. The standard InChI is InChI=1S/C10H11NO/c1-3-5-9(6-4-2)10-7-11-8-12-10/h3-8H,1H2,2H3/b6-4-,9-5+. The molecule has 0 aliphatic rings. The lowest BCUT2D eigenvalue weighted by atomic mass is 10.2. The van der Waals surface area contributed by atoms with Crippen molar-refractivity contribution in [1.29, 1.82) is 0 Å². The minimum Gasteiger partial charge on any atom is -0.444 e. The van der Waals surface area contributed by atoms with Crippen LogP contribution >= 0.6 is 0 Å². The summed E-state index contributed by atoms with van der Waals surface area (Å²) in [6.07, 6.45) is 10.6. The smallest absolute Gasteiger partial charge is 0.181 e. The van der Waals surface area contributed by atoms with Crippen LogP contribution in [0.25, 0.3) is 5.57 Å². The van der Waals surface area contributed by atoms with E-state index in [-0.39, 0.29) is 0 Å². The van der Waals surface area contributed by atoms with E-state index in [4.69, 9.17) is 4.42 Å². The Bertz CT molecular complexity index is 294. The number of hydrogen-bond donors (Lipinski definition) is 0. The molecule has 0 bridgehead atoms. The molecule has 0 aliphatic carbocycles. The fraction of sp³-hybridized carbons (Fsp3) is 0.100. The Morgan fingerprint density at radius 1 is 1.67 bits per heavy atom. The molecule has 0 saturated carbocycles.